The molecule has 2 rings (SSSR count). The van der Waals surface area contributed by atoms with E-state index < -0.39 is 0 Å². The first-order chi connectivity index (χ1) is 10.2. The van der Waals surface area contributed by atoms with Crippen LogP contribution in [0.3, 0.4) is 0 Å². The van der Waals surface area contributed by atoms with Crippen LogP contribution in [0.1, 0.15) is 0 Å². The third-order valence-corrected chi connectivity index (χ3v) is 3.33. The summed E-state index contributed by atoms with van der Waals surface area (Å²) in [6.07, 6.45) is 0. The predicted octanol–water partition coefficient (Wildman–Crippen LogP) is 2.24. The van der Waals surface area contributed by atoms with Gasteiger partial charge in [-0.3, -0.25) is 0 Å². The standard InChI is InChI=1S/C15H18ClN3O2/c1-19(8-10-21-11-9-20)15-7-6-14(17-18-15)12-4-2-3-5-13(12)16/h2-7,20H,8-11H2,1H3. The van der Waals surface area contributed by atoms with E-state index in [0.717, 1.165) is 17.1 Å². The van der Waals surface area contributed by atoms with Crippen molar-refractivity contribution in [2.24, 2.45) is 0 Å². The molecule has 1 aromatic heterocycles. The lowest BCUT2D eigenvalue weighted by atomic mass is 10.1. The van der Waals surface area contributed by atoms with E-state index in [2.05, 4.69) is 10.2 Å². The van der Waals surface area contributed by atoms with Crippen LogP contribution in [-0.2, 0) is 4.74 Å². The predicted molar refractivity (Wildman–Crippen MR) is 83.7 cm³/mol. The molecule has 0 atom stereocenters. The molecular formula is C15H18ClN3O2. The van der Waals surface area contributed by atoms with Gasteiger partial charge in [0, 0.05) is 19.2 Å². The molecule has 0 aliphatic carbocycles. The number of aliphatic hydroxyl groups excluding tert-OH is 1. The molecule has 0 unspecified atom stereocenters. The molecule has 0 saturated heterocycles. The summed E-state index contributed by atoms with van der Waals surface area (Å²) in [5, 5.41) is 17.7. The summed E-state index contributed by atoms with van der Waals surface area (Å²) in [4.78, 5) is 1.95. The summed E-state index contributed by atoms with van der Waals surface area (Å²) < 4.78 is 5.23. The van der Waals surface area contributed by atoms with Crippen LogP contribution in [0.25, 0.3) is 11.3 Å². The first-order valence-electron chi connectivity index (χ1n) is 6.70. The molecule has 0 bridgehead atoms. The zero-order valence-corrected chi connectivity index (χ0v) is 12.6. The Morgan fingerprint density at radius 1 is 1.14 bits per heavy atom. The quantitative estimate of drug-likeness (QED) is 0.795. The summed E-state index contributed by atoms with van der Waals surface area (Å²) in [5.41, 5.74) is 1.61. The Morgan fingerprint density at radius 3 is 2.62 bits per heavy atom. The summed E-state index contributed by atoms with van der Waals surface area (Å²) in [7, 11) is 1.92. The maximum Gasteiger partial charge on any atom is 0.151 e. The van der Waals surface area contributed by atoms with E-state index in [9.17, 15) is 0 Å². The Labute approximate surface area is 129 Å². The zero-order chi connectivity index (χ0) is 15.1. The van der Waals surface area contributed by atoms with E-state index in [1.807, 2.05) is 48.3 Å². The second kappa shape index (κ2) is 7.93. The highest BCUT2D eigenvalue weighted by molar-refractivity contribution is 6.33. The van der Waals surface area contributed by atoms with Crippen LogP contribution in [0, 0.1) is 0 Å². The molecule has 1 aromatic carbocycles. The van der Waals surface area contributed by atoms with Crippen LogP contribution in [0.15, 0.2) is 36.4 Å². The minimum absolute atomic E-state index is 0.0377. The van der Waals surface area contributed by atoms with Crippen LogP contribution in [-0.4, -0.2) is 48.7 Å². The number of aliphatic hydroxyl groups is 1. The Hall–Kier alpha value is -1.69. The van der Waals surface area contributed by atoms with Crippen molar-refractivity contribution in [2.45, 2.75) is 0 Å². The lowest BCUT2D eigenvalue weighted by Gasteiger charge is -2.17. The third kappa shape index (κ3) is 4.39. The van der Waals surface area contributed by atoms with Crippen molar-refractivity contribution < 1.29 is 9.84 Å². The summed E-state index contributed by atoms with van der Waals surface area (Å²) in [5.74, 6) is 0.762. The number of hydrogen-bond donors (Lipinski definition) is 1. The van der Waals surface area contributed by atoms with Gasteiger partial charge < -0.3 is 14.7 Å². The molecule has 0 radical (unpaired) electrons. The number of nitrogens with zero attached hydrogens (tertiary/aromatic N) is 3. The fourth-order valence-electron chi connectivity index (χ4n) is 1.82. The number of ether oxygens (including phenoxy) is 1. The van der Waals surface area contributed by atoms with Crippen LogP contribution >= 0.6 is 11.6 Å². The van der Waals surface area contributed by atoms with E-state index >= 15 is 0 Å². The number of halogens is 1. The van der Waals surface area contributed by atoms with Crippen molar-refractivity contribution in [1.29, 1.82) is 0 Å². The SMILES string of the molecule is CN(CCOCCO)c1ccc(-c2ccccc2Cl)nn1. The largest absolute Gasteiger partial charge is 0.394 e. The normalized spacial score (nSPS) is 10.6. The molecule has 21 heavy (non-hydrogen) atoms. The fourth-order valence-corrected chi connectivity index (χ4v) is 2.06. The molecule has 0 aliphatic rings. The van der Waals surface area contributed by atoms with Gasteiger partial charge in [0.25, 0.3) is 0 Å². The zero-order valence-electron chi connectivity index (χ0n) is 11.9. The monoisotopic (exact) mass is 307 g/mol. The second-order valence-corrected chi connectivity index (χ2v) is 4.92. The molecule has 0 saturated carbocycles. The van der Waals surface area contributed by atoms with Gasteiger partial charge in [0.2, 0.25) is 0 Å². The summed E-state index contributed by atoms with van der Waals surface area (Å²) in [6.45, 7) is 1.60. The topological polar surface area (TPSA) is 58.5 Å². The number of rotatable bonds is 7. The molecule has 0 amide bonds. The van der Waals surface area contributed by atoms with E-state index in [0.29, 0.717) is 24.8 Å². The number of aromatic nitrogens is 2. The highest BCUT2D eigenvalue weighted by Crippen LogP contribution is 2.25. The number of hydrogen-bond acceptors (Lipinski definition) is 5. The van der Waals surface area contributed by atoms with Gasteiger partial charge in [-0.15, -0.1) is 10.2 Å². The Kier molecular flexibility index (Phi) is 5.92. The average Bonchev–Trinajstić information content (AvgIpc) is 2.52. The average molecular weight is 308 g/mol. The fraction of sp³-hybridized carbons (Fsp3) is 0.333. The first-order valence-corrected chi connectivity index (χ1v) is 7.08. The molecule has 2 aromatic rings. The van der Waals surface area contributed by atoms with Gasteiger partial charge >= 0.3 is 0 Å². The van der Waals surface area contributed by atoms with Crippen LogP contribution in [0.2, 0.25) is 5.02 Å². The van der Waals surface area contributed by atoms with Gasteiger partial charge in [-0.25, -0.2) is 0 Å². The van der Waals surface area contributed by atoms with E-state index in [1.165, 1.54) is 0 Å². The Morgan fingerprint density at radius 2 is 1.95 bits per heavy atom. The van der Waals surface area contributed by atoms with Crippen molar-refractivity contribution >= 4 is 17.4 Å². The minimum Gasteiger partial charge on any atom is -0.394 e. The van der Waals surface area contributed by atoms with Gasteiger partial charge in [-0.1, -0.05) is 29.8 Å². The van der Waals surface area contributed by atoms with Crippen LogP contribution in [0.5, 0.6) is 0 Å². The Balaban J connectivity index is 2.00. The molecule has 5 nitrogen and oxygen atoms in total. The maximum atomic E-state index is 8.64. The smallest absolute Gasteiger partial charge is 0.151 e. The van der Waals surface area contributed by atoms with Crippen molar-refractivity contribution in [3.63, 3.8) is 0 Å². The van der Waals surface area contributed by atoms with Crippen molar-refractivity contribution in [1.82, 2.24) is 10.2 Å². The summed E-state index contributed by atoms with van der Waals surface area (Å²) in [6, 6.07) is 11.3. The highest BCUT2D eigenvalue weighted by atomic mass is 35.5. The molecule has 0 fully saturated rings. The number of benzene rings is 1. The maximum absolute atomic E-state index is 8.64. The lowest BCUT2D eigenvalue weighted by molar-refractivity contribution is 0.0970. The lowest BCUT2D eigenvalue weighted by Crippen LogP contribution is -2.24. The molecule has 0 aliphatic heterocycles. The number of anilines is 1. The van der Waals surface area contributed by atoms with Crippen LogP contribution in [0.4, 0.5) is 5.82 Å². The highest BCUT2D eigenvalue weighted by Gasteiger charge is 2.07. The van der Waals surface area contributed by atoms with Crippen molar-refractivity contribution in [2.75, 3.05) is 38.3 Å². The van der Waals surface area contributed by atoms with Crippen molar-refractivity contribution in [3.8, 4) is 11.3 Å². The number of likely N-dealkylation sites (N-methyl/N-ethyl adjacent to an activating group) is 1. The van der Waals surface area contributed by atoms with Crippen molar-refractivity contribution in [3.05, 3.63) is 41.4 Å². The molecule has 1 heterocycles. The first kappa shape index (κ1) is 15.7. The van der Waals surface area contributed by atoms with Gasteiger partial charge in [-0.05, 0) is 18.2 Å². The van der Waals surface area contributed by atoms with Gasteiger partial charge in [0.05, 0.1) is 30.5 Å². The molecule has 112 valence electrons. The van der Waals surface area contributed by atoms with E-state index in [-0.39, 0.29) is 6.61 Å². The van der Waals surface area contributed by atoms with E-state index in [4.69, 9.17) is 21.4 Å². The molecule has 1 N–H and O–H groups in total. The molecule has 0 spiro atoms. The molecular weight excluding hydrogens is 290 g/mol. The van der Waals surface area contributed by atoms with E-state index in [1.54, 1.807) is 0 Å². The third-order valence-electron chi connectivity index (χ3n) is 3.00. The van der Waals surface area contributed by atoms with Gasteiger partial charge in [0.15, 0.2) is 5.82 Å². The van der Waals surface area contributed by atoms with Crippen LogP contribution < -0.4 is 4.90 Å². The minimum atomic E-state index is 0.0377. The second-order valence-electron chi connectivity index (χ2n) is 4.51. The van der Waals surface area contributed by atoms with Gasteiger partial charge in [-0.2, -0.15) is 0 Å². The summed E-state index contributed by atoms with van der Waals surface area (Å²) >= 11 is 6.14. The Bertz CT molecular complexity index is 563. The van der Waals surface area contributed by atoms with Gasteiger partial charge in [0.1, 0.15) is 0 Å². The molecule has 6 heteroatoms.